The standard InChI is InChI=1S/C14H18O4/c1-6-9(2)13(15)10-7-11(16-3)14(18-5)12(8-10)17-4/h6-9H,1H2,2-5H3. The van der Waals surface area contributed by atoms with Gasteiger partial charge in [0, 0.05) is 11.5 Å². The summed E-state index contributed by atoms with van der Waals surface area (Å²) in [6.45, 7) is 5.41. The number of ether oxygens (including phenoxy) is 3. The quantitative estimate of drug-likeness (QED) is 0.575. The molecule has 4 heteroatoms. The Balaban J connectivity index is 3.31. The molecule has 4 nitrogen and oxygen atoms in total. The smallest absolute Gasteiger partial charge is 0.203 e. The van der Waals surface area contributed by atoms with Gasteiger partial charge in [-0.15, -0.1) is 6.58 Å². The lowest BCUT2D eigenvalue weighted by Gasteiger charge is -2.14. The zero-order chi connectivity index (χ0) is 13.7. The largest absolute Gasteiger partial charge is 0.493 e. The predicted octanol–water partition coefficient (Wildman–Crippen LogP) is 2.72. The van der Waals surface area contributed by atoms with Crippen molar-refractivity contribution in [1.29, 1.82) is 0 Å². The fraction of sp³-hybridized carbons (Fsp3) is 0.357. The zero-order valence-electron chi connectivity index (χ0n) is 11.1. The number of carbonyl (C=O) groups is 1. The minimum atomic E-state index is -0.257. The van der Waals surface area contributed by atoms with Crippen molar-refractivity contribution in [2.75, 3.05) is 21.3 Å². The average molecular weight is 250 g/mol. The highest BCUT2D eigenvalue weighted by Crippen LogP contribution is 2.38. The van der Waals surface area contributed by atoms with Crippen LogP contribution in [0.25, 0.3) is 0 Å². The zero-order valence-corrected chi connectivity index (χ0v) is 11.1. The molecule has 0 amide bonds. The van der Waals surface area contributed by atoms with Crippen LogP contribution in [-0.2, 0) is 0 Å². The van der Waals surface area contributed by atoms with E-state index < -0.39 is 0 Å². The van der Waals surface area contributed by atoms with Gasteiger partial charge < -0.3 is 14.2 Å². The average Bonchev–Trinajstić information content (AvgIpc) is 2.43. The molecule has 1 aromatic rings. The van der Waals surface area contributed by atoms with Gasteiger partial charge >= 0.3 is 0 Å². The summed E-state index contributed by atoms with van der Waals surface area (Å²) >= 11 is 0. The first kappa shape index (κ1) is 14.1. The highest BCUT2D eigenvalue weighted by atomic mass is 16.5. The number of methoxy groups -OCH3 is 3. The van der Waals surface area contributed by atoms with E-state index >= 15 is 0 Å². The van der Waals surface area contributed by atoms with Crippen LogP contribution >= 0.6 is 0 Å². The van der Waals surface area contributed by atoms with Crippen molar-refractivity contribution in [3.8, 4) is 17.2 Å². The molecular formula is C14H18O4. The number of Topliss-reactive ketones (excluding diaryl/α,β-unsaturated/α-hetero) is 1. The van der Waals surface area contributed by atoms with Crippen molar-refractivity contribution in [2.45, 2.75) is 6.92 Å². The van der Waals surface area contributed by atoms with Gasteiger partial charge in [0.15, 0.2) is 17.3 Å². The first-order valence-electron chi connectivity index (χ1n) is 5.55. The molecule has 0 bridgehead atoms. The van der Waals surface area contributed by atoms with Gasteiger partial charge in [0.2, 0.25) is 5.75 Å². The number of hydrogen-bond donors (Lipinski definition) is 0. The number of ketones is 1. The Labute approximate surface area is 107 Å². The van der Waals surface area contributed by atoms with Crippen LogP contribution in [0.5, 0.6) is 17.2 Å². The van der Waals surface area contributed by atoms with Gasteiger partial charge in [-0.1, -0.05) is 13.0 Å². The van der Waals surface area contributed by atoms with Crippen molar-refractivity contribution in [3.63, 3.8) is 0 Å². The summed E-state index contributed by atoms with van der Waals surface area (Å²) in [6, 6.07) is 3.29. The van der Waals surface area contributed by atoms with E-state index in [2.05, 4.69) is 6.58 Å². The van der Waals surface area contributed by atoms with Crippen LogP contribution in [0.2, 0.25) is 0 Å². The first-order valence-corrected chi connectivity index (χ1v) is 5.55. The molecule has 1 atom stereocenters. The normalized spacial score (nSPS) is 11.6. The minimum Gasteiger partial charge on any atom is -0.493 e. The summed E-state index contributed by atoms with van der Waals surface area (Å²) < 4.78 is 15.6. The molecule has 0 aliphatic heterocycles. The molecule has 0 fully saturated rings. The highest BCUT2D eigenvalue weighted by Gasteiger charge is 2.19. The molecule has 0 aromatic heterocycles. The number of hydrogen-bond acceptors (Lipinski definition) is 4. The molecule has 0 radical (unpaired) electrons. The molecule has 18 heavy (non-hydrogen) atoms. The summed E-state index contributed by atoms with van der Waals surface area (Å²) in [5.74, 6) is 1.12. The fourth-order valence-electron chi connectivity index (χ4n) is 1.59. The van der Waals surface area contributed by atoms with E-state index in [0.717, 1.165) is 0 Å². The molecule has 1 unspecified atom stereocenters. The van der Waals surface area contributed by atoms with Crippen molar-refractivity contribution in [1.82, 2.24) is 0 Å². The number of benzene rings is 1. The van der Waals surface area contributed by atoms with Crippen molar-refractivity contribution < 1.29 is 19.0 Å². The summed E-state index contributed by atoms with van der Waals surface area (Å²) in [4.78, 5) is 12.1. The second-order valence-corrected chi connectivity index (χ2v) is 3.80. The van der Waals surface area contributed by atoms with Crippen LogP contribution in [0.1, 0.15) is 17.3 Å². The summed E-state index contributed by atoms with van der Waals surface area (Å²) in [5, 5.41) is 0. The van der Waals surface area contributed by atoms with Crippen molar-refractivity contribution >= 4 is 5.78 Å². The van der Waals surface area contributed by atoms with E-state index in [1.807, 2.05) is 0 Å². The van der Waals surface area contributed by atoms with Crippen LogP contribution < -0.4 is 14.2 Å². The molecule has 0 heterocycles. The third-order valence-corrected chi connectivity index (χ3v) is 2.72. The monoisotopic (exact) mass is 250 g/mol. The van der Waals surface area contributed by atoms with Crippen LogP contribution in [0, 0.1) is 5.92 Å². The Kier molecular flexibility index (Phi) is 4.77. The molecule has 1 aromatic carbocycles. The second kappa shape index (κ2) is 6.10. The van der Waals surface area contributed by atoms with E-state index in [9.17, 15) is 4.79 Å². The third kappa shape index (κ3) is 2.64. The van der Waals surface area contributed by atoms with Gasteiger partial charge in [0.1, 0.15) is 0 Å². The van der Waals surface area contributed by atoms with E-state index in [-0.39, 0.29) is 11.7 Å². The van der Waals surface area contributed by atoms with Gasteiger partial charge in [0.05, 0.1) is 21.3 Å². The third-order valence-electron chi connectivity index (χ3n) is 2.72. The lowest BCUT2D eigenvalue weighted by molar-refractivity contribution is 0.0952. The molecule has 0 N–H and O–H groups in total. The number of carbonyl (C=O) groups excluding carboxylic acids is 1. The molecule has 98 valence electrons. The van der Waals surface area contributed by atoms with Crippen LogP contribution in [0.15, 0.2) is 24.8 Å². The molecular weight excluding hydrogens is 232 g/mol. The van der Waals surface area contributed by atoms with Crippen LogP contribution in [0.3, 0.4) is 0 Å². The fourth-order valence-corrected chi connectivity index (χ4v) is 1.59. The maximum absolute atomic E-state index is 12.1. The van der Waals surface area contributed by atoms with E-state index in [1.54, 1.807) is 25.1 Å². The Hall–Kier alpha value is -1.97. The molecule has 1 rings (SSSR count). The number of allylic oxidation sites excluding steroid dienone is 1. The van der Waals surface area contributed by atoms with Crippen LogP contribution in [0.4, 0.5) is 0 Å². The Morgan fingerprint density at radius 1 is 1.17 bits per heavy atom. The molecule has 0 aliphatic rings. The van der Waals surface area contributed by atoms with Gasteiger partial charge in [-0.05, 0) is 12.1 Å². The predicted molar refractivity (Wildman–Crippen MR) is 69.8 cm³/mol. The maximum Gasteiger partial charge on any atom is 0.203 e. The van der Waals surface area contributed by atoms with Gasteiger partial charge in [-0.25, -0.2) is 0 Å². The second-order valence-electron chi connectivity index (χ2n) is 3.80. The highest BCUT2D eigenvalue weighted by molar-refractivity contribution is 5.99. The first-order chi connectivity index (χ1) is 8.58. The molecule has 0 saturated carbocycles. The molecule has 0 spiro atoms. The lowest BCUT2D eigenvalue weighted by Crippen LogP contribution is -2.09. The SMILES string of the molecule is C=CC(C)C(=O)c1cc(OC)c(OC)c(OC)c1. The minimum absolute atomic E-state index is 0.0377. The van der Waals surface area contributed by atoms with Crippen molar-refractivity contribution in [2.24, 2.45) is 5.92 Å². The topological polar surface area (TPSA) is 44.8 Å². The Bertz CT molecular complexity index is 426. The maximum atomic E-state index is 12.1. The number of rotatable bonds is 6. The van der Waals surface area contributed by atoms with Crippen molar-refractivity contribution in [3.05, 3.63) is 30.4 Å². The Morgan fingerprint density at radius 2 is 1.67 bits per heavy atom. The summed E-state index contributed by atoms with van der Waals surface area (Å²) in [6.07, 6.45) is 1.60. The summed E-state index contributed by atoms with van der Waals surface area (Å²) in [5.41, 5.74) is 0.511. The van der Waals surface area contributed by atoms with E-state index in [1.165, 1.54) is 21.3 Å². The molecule has 0 aliphatic carbocycles. The van der Waals surface area contributed by atoms with Gasteiger partial charge in [0.25, 0.3) is 0 Å². The van der Waals surface area contributed by atoms with E-state index in [4.69, 9.17) is 14.2 Å². The lowest BCUT2D eigenvalue weighted by atomic mass is 9.99. The molecule has 0 saturated heterocycles. The van der Waals surface area contributed by atoms with Gasteiger partial charge in [-0.2, -0.15) is 0 Å². The van der Waals surface area contributed by atoms with Gasteiger partial charge in [-0.3, -0.25) is 4.79 Å². The Morgan fingerprint density at radius 3 is 2.00 bits per heavy atom. The van der Waals surface area contributed by atoms with Crippen LogP contribution in [-0.4, -0.2) is 27.1 Å². The summed E-state index contributed by atoms with van der Waals surface area (Å²) in [7, 11) is 4.55. The van der Waals surface area contributed by atoms with E-state index in [0.29, 0.717) is 22.8 Å².